The predicted octanol–water partition coefficient (Wildman–Crippen LogP) is 2.71. The second kappa shape index (κ2) is 8.52. The smallest absolute Gasteiger partial charge is 0.0235 e. The SMILES string of the molecule is CCNCc1cccc(CN2CCC(N(CC)CC)C2)c1. The summed E-state index contributed by atoms with van der Waals surface area (Å²) < 4.78 is 0. The van der Waals surface area contributed by atoms with E-state index in [1.165, 1.54) is 43.7 Å². The molecule has 0 aliphatic carbocycles. The second-order valence-electron chi connectivity index (χ2n) is 6.00. The summed E-state index contributed by atoms with van der Waals surface area (Å²) in [6, 6.07) is 9.78. The highest BCUT2D eigenvalue weighted by molar-refractivity contribution is 5.23. The molecule has 0 amide bonds. The van der Waals surface area contributed by atoms with Gasteiger partial charge in [-0.15, -0.1) is 0 Å². The maximum absolute atomic E-state index is 3.40. The Morgan fingerprint density at radius 2 is 1.95 bits per heavy atom. The van der Waals surface area contributed by atoms with Crippen molar-refractivity contribution in [3.8, 4) is 0 Å². The van der Waals surface area contributed by atoms with Crippen molar-refractivity contribution in [2.75, 3.05) is 32.7 Å². The van der Waals surface area contributed by atoms with Gasteiger partial charge in [-0.3, -0.25) is 9.80 Å². The second-order valence-corrected chi connectivity index (χ2v) is 6.00. The van der Waals surface area contributed by atoms with Crippen LogP contribution in [0.4, 0.5) is 0 Å². The van der Waals surface area contributed by atoms with Crippen molar-refractivity contribution in [2.24, 2.45) is 0 Å². The molecule has 0 radical (unpaired) electrons. The van der Waals surface area contributed by atoms with Gasteiger partial charge in [0.2, 0.25) is 0 Å². The van der Waals surface area contributed by atoms with Gasteiger partial charge in [-0.2, -0.15) is 0 Å². The van der Waals surface area contributed by atoms with Gasteiger partial charge in [-0.05, 0) is 37.2 Å². The van der Waals surface area contributed by atoms with Crippen LogP contribution in [0.5, 0.6) is 0 Å². The number of rotatable bonds is 8. The Morgan fingerprint density at radius 3 is 2.67 bits per heavy atom. The van der Waals surface area contributed by atoms with Gasteiger partial charge in [0.05, 0.1) is 0 Å². The van der Waals surface area contributed by atoms with Crippen molar-refractivity contribution in [2.45, 2.75) is 46.3 Å². The van der Waals surface area contributed by atoms with Crippen LogP contribution >= 0.6 is 0 Å². The van der Waals surface area contributed by atoms with Crippen LogP contribution < -0.4 is 5.32 Å². The van der Waals surface area contributed by atoms with E-state index in [2.05, 4.69) is 60.2 Å². The molecule has 1 saturated heterocycles. The number of benzene rings is 1. The number of likely N-dealkylation sites (N-methyl/N-ethyl adjacent to an activating group) is 1. The summed E-state index contributed by atoms with van der Waals surface area (Å²) in [4.78, 5) is 5.21. The van der Waals surface area contributed by atoms with E-state index < -0.39 is 0 Å². The van der Waals surface area contributed by atoms with E-state index in [0.29, 0.717) is 0 Å². The summed E-state index contributed by atoms with van der Waals surface area (Å²) in [5.41, 5.74) is 2.85. The van der Waals surface area contributed by atoms with E-state index in [4.69, 9.17) is 0 Å². The number of nitrogens with zero attached hydrogens (tertiary/aromatic N) is 2. The lowest BCUT2D eigenvalue weighted by Crippen LogP contribution is -2.37. The Morgan fingerprint density at radius 1 is 1.19 bits per heavy atom. The highest BCUT2D eigenvalue weighted by Gasteiger charge is 2.25. The molecular weight excluding hydrogens is 258 g/mol. The first-order valence-corrected chi connectivity index (χ1v) is 8.51. The van der Waals surface area contributed by atoms with Gasteiger partial charge in [-0.25, -0.2) is 0 Å². The molecule has 118 valence electrons. The molecule has 1 aromatic rings. The molecule has 1 unspecified atom stereocenters. The van der Waals surface area contributed by atoms with E-state index in [1.54, 1.807) is 0 Å². The maximum atomic E-state index is 3.40. The first kappa shape index (κ1) is 16.5. The van der Waals surface area contributed by atoms with E-state index in [9.17, 15) is 0 Å². The molecule has 21 heavy (non-hydrogen) atoms. The van der Waals surface area contributed by atoms with Crippen LogP contribution in [0.3, 0.4) is 0 Å². The van der Waals surface area contributed by atoms with Crippen LogP contribution in [-0.2, 0) is 13.1 Å². The Bertz CT molecular complexity index is 415. The van der Waals surface area contributed by atoms with Crippen molar-refractivity contribution in [3.05, 3.63) is 35.4 Å². The van der Waals surface area contributed by atoms with E-state index in [1.807, 2.05) is 0 Å². The quantitative estimate of drug-likeness (QED) is 0.794. The lowest BCUT2D eigenvalue weighted by atomic mass is 10.1. The molecule has 0 spiro atoms. The molecule has 3 nitrogen and oxygen atoms in total. The zero-order chi connectivity index (χ0) is 15.1. The molecule has 1 aliphatic heterocycles. The molecule has 1 N–H and O–H groups in total. The Kier molecular flexibility index (Phi) is 6.68. The van der Waals surface area contributed by atoms with Gasteiger partial charge in [0.25, 0.3) is 0 Å². The van der Waals surface area contributed by atoms with Crippen LogP contribution in [0.15, 0.2) is 24.3 Å². The monoisotopic (exact) mass is 289 g/mol. The van der Waals surface area contributed by atoms with E-state index in [-0.39, 0.29) is 0 Å². The van der Waals surface area contributed by atoms with Crippen molar-refractivity contribution in [1.82, 2.24) is 15.1 Å². The van der Waals surface area contributed by atoms with Crippen molar-refractivity contribution < 1.29 is 0 Å². The van der Waals surface area contributed by atoms with Crippen LogP contribution in [0, 0.1) is 0 Å². The van der Waals surface area contributed by atoms with Gasteiger partial charge < -0.3 is 5.32 Å². The van der Waals surface area contributed by atoms with Gasteiger partial charge in [0.1, 0.15) is 0 Å². The Hall–Kier alpha value is -0.900. The minimum absolute atomic E-state index is 0.755. The first-order chi connectivity index (χ1) is 10.3. The number of nitrogens with one attached hydrogen (secondary N) is 1. The maximum Gasteiger partial charge on any atom is 0.0235 e. The minimum atomic E-state index is 0.755. The van der Waals surface area contributed by atoms with E-state index in [0.717, 1.165) is 25.7 Å². The topological polar surface area (TPSA) is 18.5 Å². The normalized spacial score (nSPS) is 19.5. The molecule has 1 fully saturated rings. The van der Waals surface area contributed by atoms with Crippen molar-refractivity contribution >= 4 is 0 Å². The zero-order valence-corrected chi connectivity index (χ0v) is 13.9. The molecule has 1 aliphatic rings. The average Bonchev–Trinajstić information content (AvgIpc) is 2.95. The third-order valence-corrected chi connectivity index (χ3v) is 4.55. The van der Waals surface area contributed by atoms with Gasteiger partial charge in [0.15, 0.2) is 0 Å². The largest absolute Gasteiger partial charge is 0.313 e. The number of hydrogen-bond donors (Lipinski definition) is 1. The standard InChI is InChI=1S/C18H31N3/c1-4-19-13-16-8-7-9-17(12-16)14-20-11-10-18(15-20)21(5-2)6-3/h7-9,12,18-19H,4-6,10-11,13-15H2,1-3H3. The summed E-state index contributed by atoms with van der Waals surface area (Å²) in [6.07, 6.45) is 1.32. The molecule has 0 bridgehead atoms. The third kappa shape index (κ3) is 4.80. The summed E-state index contributed by atoms with van der Waals surface area (Å²) >= 11 is 0. The van der Waals surface area contributed by atoms with Crippen LogP contribution in [0.2, 0.25) is 0 Å². The Balaban J connectivity index is 1.88. The molecule has 1 aromatic carbocycles. The zero-order valence-electron chi connectivity index (χ0n) is 13.9. The lowest BCUT2D eigenvalue weighted by molar-refractivity contribution is 0.209. The summed E-state index contributed by atoms with van der Waals surface area (Å²) in [7, 11) is 0. The number of likely N-dealkylation sites (tertiary alicyclic amines) is 1. The van der Waals surface area contributed by atoms with Crippen LogP contribution in [-0.4, -0.2) is 48.6 Å². The average molecular weight is 289 g/mol. The fourth-order valence-corrected chi connectivity index (χ4v) is 3.36. The molecule has 1 heterocycles. The molecule has 0 saturated carbocycles. The first-order valence-electron chi connectivity index (χ1n) is 8.51. The van der Waals surface area contributed by atoms with Crippen molar-refractivity contribution in [3.63, 3.8) is 0 Å². The fourth-order valence-electron chi connectivity index (χ4n) is 3.36. The van der Waals surface area contributed by atoms with Gasteiger partial charge >= 0.3 is 0 Å². The molecule has 3 heteroatoms. The molecule has 0 aromatic heterocycles. The van der Waals surface area contributed by atoms with Gasteiger partial charge in [-0.1, -0.05) is 45.0 Å². The molecule has 1 atom stereocenters. The third-order valence-electron chi connectivity index (χ3n) is 4.55. The lowest BCUT2D eigenvalue weighted by Gasteiger charge is -2.26. The van der Waals surface area contributed by atoms with Gasteiger partial charge in [0, 0.05) is 32.2 Å². The minimum Gasteiger partial charge on any atom is -0.313 e. The van der Waals surface area contributed by atoms with E-state index >= 15 is 0 Å². The highest BCUT2D eigenvalue weighted by atomic mass is 15.2. The molecule has 2 rings (SSSR count). The highest BCUT2D eigenvalue weighted by Crippen LogP contribution is 2.18. The predicted molar refractivity (Wildman–Crippen MR) is 90.4 cm³/mol. The van der Waals surface area contributed by atoms with Crippen LogP contribution in [0.25, 0.3) is 0 Å². The summed E-state index contributed by atoms with van der Waals surface area (Å²) in [6.45, 7) is 14.6. The molecular formula is C18H31N3. The number of hydrogen-bond acceptors (Lipinski definition) is 3. The summed E-state index contributed by atoms with van der Waals surface area (Å²) in [5.74, 6) is 0. The fraction of sp³-hybridized carbons (Fsp3) is 0.667. The van der Waals surface area contributed by atoms with Crippen molar-refractivity contribution in [1.29, 1.82) is 0 Å². The Labute approximate surface area is 130 Å². The van der Waals surface area contributed by atoms with Crippen LogP contribution in [0.1, 0.15) is 38.3 Å². The summed E-state index contributed by atoms with van der Waals surface area (Å²) in [5, 5.41) is 3.40.